The molecule has 3 N–H and O–H groups in total. The Kier molecular flexibility index (Phi) is 10.4. The summed E-state index contributed by atoms with van der Waals surface area (Å²) in [5, 5.41) is 11.0. The zero-order chi connectivity index (χ0) is 15.6. The Morgan fingerprint density at radius 2 is 1.77 bits per heavy atom. The summed E-state index contributed by atoms with van der Waals surface area (Å²) in [5.74, 6) is -0.374. The highest BCUT2D eigenvalue weighted by Gasteiger charge is 2.37. The molecule has 1 rings (SSSR count). The second-order valence-electron chi connectivity index (χ2n) is 5.47. The summed E-state index contributed by atoms with van der Waals surface area (Å²) in [5.41, 5.74) is 4.16. The van der Waals surface area contributed by atoms with Crippen molar-refractivity contribution >= 4 is 50.0 Å². The predicted octanol–water partition coefficient (Wildman–Crippen LogP) is 2.91. The minimum atomic E-state index is -1.89. The highest BCUT2D eigenvalue weighted by atomic mass is 79.9. The van der Waals surface area contributed by atoms with Crippen LogP contribution in [0.25, 0.3) is 0 Å². The Labute approximate surface area is 150 Å². The number of hydrogen-bond donors (Lipinski definition) is 2. The first-order valence-corrected chi connectivity index (χ1v) is 10.5. The maximum absolute atomic E-state index is 14.9. The number of pyridine rings is 1. The molecule has 1 aromatic heterocycles. The fraction of sp³-hybridized carbons (Fsp3) is 0.643. The first kappa shape index (κ1) is 24.3. The van der Waals surface area contributed by atoms with Crippen molar-refractivity contribution in [2.45, 2.75) is 51.4 Å². The number of hydrogen-bond acceptors (Lipinski definition) is 3. The molecule has 0 aliphatic carbocycles. The second kappa shape index (κ2) is 9.37. The topological polar surface area (TPSA) is 59.1 Å². The lowest BCUT2D eigenvalue weighted by molar-refractivity contribution is 0.0580. The Bertz CT molecular complexity index is 482. The van der Waals surface area contributed by atoms with Gasteiger partial charge in [-0.15, -0.1) is 12.4 Å². The minimum absolute atomic E-state index is 0. The van der Waals surface area contributed by atoms with Crippen LogP contribution >= 0.6 is 28.3 Å². The molecular formula is C14H25BBrClFN2OSi. The van der Waals surface area contributed by atoms with Gasteiger partial charge in [-0.1, -0.05) is 38.9 Å². The zero-order valence-electron chi connectivity index (χ0n) is 13.6. The van der Waals surface area contributed by atoms with Gasteiger partial charge in [0.05, 0.1) is 8.07 Å². The maximum atomic E-state index is 14.9. The van der Waals surface area contributed by atoms with Gasteiger partial charge in [0.15, 0.2) is 0 Å². The lowest BCUT2D eigenvalue weighted by Gasteiger charge is -2.31. The number of aromatic nitrogens is 1. The zero-order valence-corrected chi connectivity index (χ0v) is 17.0. The Morgan fingerprint density at radius 1 is 1.32 bits per heavy atom. The molecule has 22 heavy (non-hydrogen) atoms. The van der Waals surface area contributed by atoms with Crippen LogP contribution in [0.5, 0.6) is 0 Å². The third-order valence-electron chi connectivity index (χ3n) is 4.44. The van der Waals surface area contributed by atoms with Gasteiger partial charge in [0.25, 0.3) is 0 Å². The standard InChI is InChI=1S/C14H24BrFN2OSi.B.ClH/c1-5-20(6-2,7-3)10-8-11(15)18-13(12(10)16)14(4,19)9-17;;/h8,19H,5-7,9,17H2,1-4H3;;1H/t14-;;/m1../s1. The van der Waals surface area contributed by atoms with E-state index in [1.807, 2.05) is 0 Å². The highest BCUT2D eigenvalue weighted by molar-refractivity contribution is 9.10. The summed E-state index contributed by atoms with van der Waals surface area (Å²) in [7, 11) is -1.89. The van der Waals surface area contributed by atoms with Gasteiger partial charge < -0.3 is 10.8 Å². The highest BCUT2D eigenvalue weighted by Crippen LogP contribution is 2.27. The van der Waals surface area contributed by atoms with Crippen molar-refractivity contribution in [2.75, 3.05) is 6.54 Å². The molecule has 8 heteroatoms. The van der Waals surface area contributed by atoms with Crippen LogP contribution in [0.15, 0.2) is 10.7 Å². The summed E-state index contributed by atoms with van der Waals surface area (Å²) in [6.45, 7) is 7.79. The van der Waals surface area contributed by atoms with Crippen LogP contribution in [-0.2, 0) is 5.60 Å². The molecule has 1 aromatic rings. The van der Waals surface area contributed by atoms with Crippen LogP contribution in [0.2, 0.25) is 18.1 Å². The van der Waals surface area contributed by atoms with Gasteiger partial charge in [0, 0.05) is 15.0 Å². The van der Waals surface area contributed by atoms with Crippen LogP contribution in [-0.4, -0.2) is 33.1 Å². The summed E-state index contributed by atoms with van der Waals surface area (Å²) in [6.07, 6.45) is 0. The van der Waals surface area contributed by atoms with E-state index in [2.05, 4.69) is 41.7 Å². The van der Waals surface area contributed by atoms with Crippen LogP contribution in [0.3, 0.4) is 0 Å². The number of nitrogens with zero attached hydrogens (tertiary/aromatic N) is 1. The maximum Gasteiger partial charge on any atom is 0.147 e. The fourth-order valence-corrected chi connectivity index (χ4v) is 6.95. The van der Waals surface area contributed by atoms with Gasteiger partial charge >= 0.3 is 0 Å². The smallest absolute Gasteiger partial charge is 0.147 e. The molecule has 0 fully saturated rings. The average Bonchev–Trinajstić information content (AvgIpc) is 2.44. The monoisotopic (exact) mass is 409 g/mol. The summed E-state index contributed by atoms with van der Waals surface area (Å²) in [6, 6.07) is 4.70. The molecule has 125 valence electrons. The molecule has 1 atom stereocenters. The van der Waals surface area contributed by atoms with E-state index < -0.39 is 13.7 Å². The van der Waals surface area contributed by atoms with E-state index in [-0.39, 0.29) is 38.9 Å². The van der Waals surface area contributed by atoms with E-state index in [9.17, 15) is 9.50 Å². The van der Waals surface area contributed by atoms with E-state index >= 15 is 0 Å². The largest absolute Gasteiger partial charge is 0.382 e. The molecule has 0 aromatic carbocycles. The molecule has 1 heterocycles. The number of nitrogens with two attached hydrogens (primary N) is 1. The normalized spacial score (nSPS) is 13.8. The Morgan fingerprint density at radius 3 is 2.14 bits per heavy atom. The van der Waals surface area contributed by atoms with Crippen LogP contribution in [0.1, 0.15) is 33.4 Å². The Balaban J connectivity index is 0. The van der Waals surface area contributed by atoms with Gasteiger partial charge in [0.2, 0.25) is 0 Å². The second-order valence-corrected chi connectivity index (χ2v) is 11.5. The van der Waals surface area contributed by atoms with Crippen molar-refractivity contribution in [2.24, 2.45) is 5.73 Å². The molecule has 0 bridgehead atoms. The average molecular weight is 411 g/mol. The third-order valence-corrected chi connectivity index (χ3v) is 10.4. The summed E-state index contributed by atoms with van der Waals surface area (Å²) in [4.78, 5) is 4.13. The third kappa shape index (κ3) is 4.54. The molecule has 0 aliphatic heterocycles. The lowest BCUT2D eigenvalue weighted by Crippen LogP contribution is -2.49. The first-order valence-electron chi connectivity index (χ1n) is 7.07. The van der Waals surface area contributed by atoms with Gasteiger partial charge in [-0.05, 0) is 34.1 Å². The SMILES string of the molecule is CC[Si](CC)(CC)c1cc(Br)nc([C@](C)(O)CN)c1F.Cl.[B]. The van der Waals surface area contributed by atoms with Crippen LogP contribution in [0.4, 0.5) is 4.39 Å². The molecule has 0 spiro atoms. The molecule has 0 saturated heterocycles. The van der Waals surface area contributed by atoms with Crippen molar-refractivity contribution in [1.82, 2.24) is 4.98 Å². The quantitative estimate of drug-likeness (QED) is 0.560. The molecule has 0 aliphatic rings. The van der Waals surface area contributed by atoms with E-state index in [0.717, 1.165) is 23.3 Å². The molecular weight excluding hydrogens is 385 g/mol. The summed E-state index contributed by atoms with van der Waals surface area (Å²) >= 11 is 3.34. The van der Waals surface area contributed by atoms with Crippen LogP contribution < -0.4 is 10.9 Å². The predicted molar refractivity (Wildman–Crippen MR) is 100 cm³/mol. The van der Waals surface area contributed by atoms with E-state index in [4.69, 9.17) is 5.73 Å². The summed E-state index contributed by atoms with van der Waals surface area (Å²) < 4.78 is 15.5. The molecule has 0 saturated carbocycles. The lowest BCUT2D eigenvalue weighted by atomic mass is 10.0. The van der Waals surface area contributed by atoms with Gasteiger partial charge in [-0.3, -0.25) is 0 Å². The Hall–Kier alpha value is 0.0518. The van der Waals surface area contributed by atoms with Crippen molar-refractivity contribution in [1.29, 1.82) is 0 Å². The van der Waals surface area contributed by atoms with Crippen molar-refractivity contribution in [3.05, 3.63) is 22.2 Å². The number of aliphatic hydroxyl groups is 1. The van der Waals surface area contributed by atoms with Crippen molar-refractivity contribution in [3.8, 4) is 0 Å². The van der Waals surface area contributed by atoms with Gasteiger partial charge in [-0.25, -0.2) is 9.37 Å². The first-order chi connectivity index (χ1) is 9.27. The molecule has 0 amide bonds. The van der Waals surface area contributed by atoms with Gasteiger partial charge in [0.1, 0.15) is 21.7 Å². The van der Waals surface area contributed by atoms with E-state index in [0.29, 0.717) is 4.60 Å². The molecule has 3 nitrogen and oxygen atoms in total. The molecule has 3 radical (unpaired) electrons. The van der Waals surface area contributed by atoms with Crippen LogP contribution in [0, 0.1) is 5.82 Å². The number of rotatable bonds is 6. The van der Waals surface area contributed by atoms with Crippen molar-refractivity contribution in [3.63, 3.8) is 0 Å². The molecule has 0 unspecified atom stereocenters. The van der Waals surface area contributed by atoms with Crippen molar-refractivity contribution < 1.29 is 9.50 Å². The number of halogens is 3. The van der Waals surface area contributed by atoms with E-state index in [1.165, 1.54) is 6.92 Å². The minimum Gasteiger partial charge on any atom is -0.382 e. The fourth-order valence-electron chi connectivity index (χ4n) is 2.66. The van der Waals surface area contributed by atoms with Gasteiger partial charge in [-0.2, -0.15) is 0 Å². The van der Waals surface area contributed by atoms with E-state index in [1.54, 1.807) is 6.07 Å².